The molecule has 0 atom stereocenters. The van der Waals surface area contributed by atoms with Crippen molar-refractivity contribution >= 4 is 34.2 Å². The van der Waals surface area contributed by atoms with E-state index in [9.17, 15) is 4.79 Å². The average Bonchev–Trinajstić information content (AvgIpc) is 2.89. The molecule has 0 saturated carbocycles. The Labute approximate surface area is 183 Å². The number of carbonyl (C=O) groups excluding carboxylic acids is 1. The highest BCUT2D eigenvalue weighted by Crippen LogP contribution is 2.24. The third kappa shape index (κ3) is 4.68. The van der Waals surface area contributed by atoms with E-state index in [0.717, 1.165) is 55.1 Å². The molecule has 2 aromatic carbocycles. The molecule has 0 bridgehead atoms. The molecule has 1 fully saturated rings. The molecule has 1 saturated heterocycles. The zero-order chi connectivity index (χ0) is 20.9. The van der Waals surface area contributed by atoms with Gasteiger partial charge in [-0.15, -0.1) is 0 Å². The van der Waals surface area contributed by atoms with Crippen LogP contribution in [-0.4, -0.2) is 33.4 Å². The highest BCUT2D eigenvalue weighted by atomic mass is 35.5. The monoisotopic (exact) mass is 424 g/mol. The normalized spacial score (nSPS) is 15.3. The smallest absolute Gasteiger partial charge is 0.257 e. The van der Waals surface area contributed by atoms with Gasteiger partial charge in [0.1, 0.15) is 5.82 Å². The van der Waals surface area contributed by atoms with E-state index in [1.807, 2.05) is 24.3 Å². The zero-order valence-corrected chi connectivity index (χ0v) is 18.3. The maximum Gasteiger partial charge on any atom is 0.257 e. The lowest BCUT2D eigenvalue weighted by molar-refractivity contribution is 0.102. The van der Waals surface area contributed by atoms with Gasteiger partial charge in [-0.25, -0.2) is 4.98 Å². The second-order valence-electron chi connectivity index (χ2n) is 8.01. The van der Waals surface area contributed by atoms with E-state index in [1.54, 1.807) is 12.1 Å². The summed E-state index contributed by atoms with van der Waals surface area (Å²) in [7, 11) is 0. The third-order valence-corrected chi connectivity index (χ3v) is 6.04. The fourth-order valence-corrected chi connectivity index (χ4v) is 4.41. The predicted octanol–water partition coefficient (Wildman–Crippen LogP) is 5.73. The van der Waals surface area contributed by atoms with Crippen molar-refractivity contribution in [2.75, 3.05) is 18.4 Å². The van der Waals surface area contributed by atoms with Crippen LogP contribution >= 0.6 is 11.6 Å². The van der Waals surface area contributed by atoms with E-state index in [0.29, 0.717) is 10.6 Å². The molecule has 3 aromatic rings. The molecule has 30 heavy (non-hydrogen) atoms. The van der Waals surface area contributed by atoms with Gasteiger partial charge in [0.2, 0.25) is 0 Å². The maximum absolute atomic E-state index is 12.6. The van der Waals surface area contributed by atoms with E-state index >= 15 is 0 Å². The van der Waals surface area contributed by atoms with Gasteiger partial charge in [0.15, 0.2) is 0 Å². The molecule has 1 aliphatic rings. The molecule has 6 heteroatoms. The molecule has 4 rings (SSSR count). The Morgan fingerprint density at radius 1 is 1.10 bits per heavy atom. The number of aromatic nitrogens is 2. The van der Waals surface area contributed by atoms with Crippen molar-refractivity contribution in [3.63, 3.8) is 0 Å². The summed E-state index contributed by atoms with van der Waals surface area (Å²) in [6, 6.07) is 13.0. The first-order valence-electron chi connectivity index (χ1n) is 10.9. The SMILES string of the molecule is CCCn1c(CN2CCCCCC2)nc2cc(NC(=O)c3ccccc3Cl)ccc21. The standard InChI is InChI=1S/C24H29ClN4O/c1-2-13-29-22-12-11-18(26-24(30)19-9-5-6-10-20(19)25)16-21(22)27-23(29)17-28-14-7-3-4-8-15-28/h5-6,9-12,16H,2-4,7-8,13-15,17H2,1H3,(H,26,30). The van der Waals surface area contributed by atoms with Crippen LogP contribution in [0.1, 0.15) is 55.2 Å². The van der Waals surface area contributed by atoms with E-state index in [2.05, 4.69) is 27.8 Å². The van der Waals surface area contributed by atoms with Crippen LogP contribution in [-0.2, 0) is 13.1 Å². The van der Waals surface area contributed by atoms with Crippen molar-refractivity contribution in [3.05, 3.63) is 58.9 Å². The van der Waals surface area contributed by atoms with Crippen LogP contribution in [0.5, 0.6) is 0 Å². The van der Waals surface area contributed by atoms with Crippen molar-refractivity contribution in [3.8, 4) is 0 Å². The molecule has 0 unspecified atom stereocenters. The first-order chi connectivity index (χ1) is 14.7. The molecule has 1 amide bonds. The number of rotatable bonds is 6. The zero-order valence-electron chi connectivity index (χ0n) is 17.5. The summed E-state index contributed by atoms with van der Waals surface area (Å²) in [5.74, 6) is 0.904. The summed E-state index contributed by atoms with van der Waals surface area (Å²) in [6.07, 6.45) is 6.26. The molecule has 0 radical (unpaired) electrons. The number of halogens is 1. The number of amides is 1. The molecule has 0 spiro atoms. The number of likely N-dealkylation sites (tertiary alicyclic amines) is 1. The van der Waals surface area contributed by atoms with Crippen molar-refractivity contribution < 1.29 is 4.79 Å². The minimum absolute atomic E-state index is 0.210. The van der Waals surface area contributed by atoms with Gasteiger partial charge in [-0.3, -0.25) is 9.69 Å². The lowest BCUT2D eigenvalue weighted by Crippen LogP contribution is -2.26. The Morgan fingerprint density at radius 3 is 2.60 bits per heavy atom. The Kier molecular flexibility index (Phi) is 6.70. The van der Waals surface area contributed by atoms with Crippen molar-refractivity contribution in [1.29, 1.82) is 0 Å². The summed E-state index contributed by atoms with van der Waals surface area (Å²) < 4.78 is 2.33. The molecule has 1 N–H and O–H groups in total. The Hall–Kier alpha value is -2.37. The van der Waals surface area contributed by atoms with E-state index < -0.39 is 0 Å². The summed E-state index contributed by atoms with van der Waals surface area (Å²) in [4.78, 5) is 20.1. The van der Waals surface area contributed by atoms with Gasteiger partial charge >= 0.3 is 0 Å². The predicted molar refractivity (Wildman–Crippen MR) is 123 cm³/mol. The number of imidazole rings is 1. The average molecular weight is 425 g/mol. The Morgan fingerprint density at radius 2 is 1.87 bits per heavy atom. The third-order valence-electron chi connectivity index (χ3n) is 5.71. The van der Waals surface area contributed by atoms with Gasteiger partial charge in [0.25, 0.3) is 5.91 Å². The maximum atomic E-state index is 12.6. The largest absolute Gasteiger partial charge is 0.327 e. The fourth-order valence-electron chi connectivity index (χ4n) is 4.19. The summed E-state index contributed by atoms with van der Waals surface area (Å²) in [5.41, 5.74) is 3.25. The van der Waals surface area contributed by atoms with E-state index in [1.165, 1.54) is 25.7 Å². The van der Waals surface area contributed by atoms with E-state index in [4.69, 9.17) is 16.6 Å². The van der Waals surface area contributed by atoms with Crippen LogP contribution in [0.25, 0.3) is 11.0 Å². The molecular weight excluding hydrogens is 396 g/mol. The van der Waals surface area contributed by atoms with Crippen molar-refractivity contribution in [2.45, 2.75) is 52.1 Å². The van der Waals surface area contributed by atoms with Gasteiger partial charge in [-0.2, -0.15) is 0 Å². The molecule has 2 heterocycles. The van der Waals surface area contributed by atoms with Gasteiger partial charge < -0.3 is 9.88 Å². The molecule has 0 aliphatic carbocycles. The van der Waals surface area contributed by atoms with Crippen LogP contribution in [0.3, 0.4) is 0 Å². The van der Waals surface area contributed by atoms with Crippen molar-refractivity contribution in [1.82, 2.24) is 14.5 Å². The quantitative estimate of drug-likeness (QED) is 0.549. The molecule has 158 valence electrons. The number of nitrogens with zero attached hydrogens (tertiary/aromatic N) is 3. The molecule has 1 aliphatic heterocycles. The highest BCUT2D eigenvalue weighted by molar-refractivity contribution is 6.34. The number of nitrogens with one attached hydrogen (secondary N) is 1. The number of carbonyl (C=O) groups is 1. The Balaban J connectivity index is 1.59. The topological polar surface area (TPSA) is 50.2 Å². The van der Waals surface area contributed by atoms with Gasteiger partial charge in [-0.1, -0.05) is 43.5 Å². The number of hydrogen-bond donors (Lipinski definition) is 1. The van der Waals surface area contributed by atoms with Gasteiger partial charge in [-0.05, 0) is 62.7 Å². The lowest BCUT2D eigenvalue weighted by Gasteiger charge is -2.20. The van der Waals surface area contributed by atoms with Crippen LogP contribution in [0, 0.1) is 0 Å². The second kappa shape index (κ2) is 9.63. The van der Waals surface area contributed by atoms with Crippen LogP contribution < -0.4 is 5.32 Å². The number of benzene rings is 2. The second-order valence-corrected chi connectivity index (χ2v) is 8.41. The number of fused-ring (bicyclic) bond motifs is 1. The Bertz CT molecular complexity index is 1020. The minimum Gasteiger partial charge on any atom is -0.327 e. The number of hydrogen-bond acceptors (Lipinski definition) is 3. The van der Waals surface area contributed by atoms with Crippen LogP contribution in [0.4, 0.5) is 5.69 Å². The lowest BCUT2D eigenvalue weighted by atomic mass is 10.2. The van der Waals surface area contributed by atoms with Gasteiger partial charge in [0.05, 0.1) is 28.2 Å². The summed E-state index contributed by atoms with van der Waals surface area (Å²) >= 11 is 6.16. The molecular formula is C24H29ClN4O. The number of aryl methyl sites for hydroxylation is 1. The molecule has 5 nitrogen and oxygen atoms in total. The van der Waals surface area contributed by atoms with E-state index in [-0.39, 0.29) is 5.91 Å². The van der Waals surface area contributed by atoms with Crippen LogP contribution in [0.2, 0.25) is 5.02 Å². The van der Waals surface area contributed by atoms with Crippen LogP contribution in [0.15, 0.2) is 42.5 Å². The summed E-state index contributed by atoms with van der Waals surface area (Å²) in [5, 5.41) is 3.41. The first kappa shape index (κ1) is 20.9. The van der Waals surface area contributed by atoms with Gasteiger partial charge in [0, 0.05) is 12.2 Å². The highest BCUT2D eigenvalue weighted by Gasteiger charge is 2.17. The van der Waals surface area contributed by atoms with Crippen molar-refractivity contribution in [2.24, 2.45) is 0 Å². The minimum atomic E-state index is -0.210. The number of anilines is 1. The fraction of sp³-hybridized carbons (Fsp3) is 0.417. The first-order valence-corrected chi connectivity index (χ1v) is 11.3. The molecule has 1 aromatic heterocycles. The summed E-state index contributed by atoms with van der Waals surface area (Å²) in [6.45, 7) is 6.32.